The van der Waals surface area contributed by atoms with E-state index in [9.17, 15) is 19.8 Å². The van der Waals surface area contributed by atoms with Gasteiger partial charge in [-0.2, -0.15) is 0 Å². The van der Waals surface area contributed by atoms with E-state index >= 15 is 0 Å². The normalized spacial score (nSPS) is 15.9. The molecular formula is C11H21NO4. The van der Waals surface area contributed by atoms with Crippen molar-refractivity contribution in [2.24, 2.45) is 5.92 Å². The minimum absolute atomic E-state index is 0.0536. The number of rotatable bonds is 6. The Labute approximate surface area is 96.3 Å². The number of aliphatic hydroxyl groups is 1. The molecule has 0 saturated carbocycles. The molecule has 0 radical (unpaired) electrons. The summed E-state index contributed by atoms with van der Waals surface area (Å²) in [7, 11) is 5.36. The first-order chi connectivity index (χ1) is 6.98. The van der Waals surface area contributed by atoms with Crippen molar-refractivity contribution >= 4 is 11.8 Å². The highest BCUT2D eigenvalue weighted by Crippen LogP contribution is 2.19. The molecule has 0 aliphatic carbocycles. The third-order valence-electron chi connectivity index (χ3n) is 2.16. The largest absolute Gasteiger partial charge is 0.550 e. The van der Waals surface area contributed by atoms with E-state index in [1.165, 1.54) is 0 Å². The summed E-state index contributed by atoms with van der Waals surface area (Å²) in [5.74, 6) is -2.27. The van der Waals surface area contributed by atoms with E-state index in [1.807, 2.05) is 0 Å². The highest BCUT2D eigenvalue weighted by atomic mass is 16.4. The molecule has 0 aliphatic heterocycles. The molecule has 0 amide bonds. The molecule has 0 rings (SSSR count). The first-order valence-corrected chi connectivity index (χ1v) is 5.25. The number of carboxylic acid groups (broad SMARTS) is 1. The van der Waals surface area contributed by atoms with E-state index in [0.717, 1.165) is 0 Å². The van der Waals surface area contributed by atoms with Gasteiger partial charge in [0.1, 0.15) is 6.54 Å². The number of likely N-dealkylation sites (N-methyl/N-ethyl adjacent to an activating group) is 1. The summed E-state index contributed by atoms with van der Waals surface area (Å²) in [6.45, 7) is 3.33. The van der Waals surface area contributed by atoms with Gasteiger partial charge in [0, 0.05) is 18.3 Å². The Morgan fingerprint density at radius 3 is 2.00 bits per heavy atom. The number of hydrogen-bond acceptors (Lipinski definition) is 4. The molecular weight excluding hydrogens is 210 g/mol. The highest BCUT2D eigenvalue weighted by molar-refractivity contribution is 5.92. The summed E-state index contributed by atoms with van der Waals surface area (Å²) in [6, 6.07) is 0. The maximum Gasteiger partial charge on any atom is 0.177 e. The zero-order chi connectivity index (χ0) is 13.1. The number of ketones is 1. The van der Waals surface area contributed by atoms with E-state index in [1.54, 1.807) is 35.0 Å². The fourth-order valence-electron chi connectivity index (χ4n) is 1.78. The summed E-state index contributed by atoms with van der Waals surface area (Å²) < 4.78 is 0.308. The molecule has 1 N–H and O–H groups in total. The van der Waals surface area contributed by atoms with Crippen LogP contribution in [-0.4, -0.2) is 54.6 Å². The van der Waals surface area contributed by atoms with Crippen molar-refractivity contribution in [2.75, 3.05) is 27.7 Å². The quantitative estimate of drug-likeness (QED) is 0.582. The summed E-state index contributed by atoms with van der Waals surface area (Å²) >= 11 is 0. The molecule has 0 aromatic carbocycles. The minimum atomic E-state index is -1.84. The van der Waals surface area contributed by atoms with Crippen LogP contribution in [0.5, 0.6) is 0 Å². The van der Waals surface area contributed by atoms with Crippen molar-refractivity contribution in [3.8, 4) is 0 Å². The number of nitrogens with zero attached hydrogens (tertiary/aromatic N) is 1. The Morgan fingerprint density at radius 2 is 1.75 bits per heavy atom. The lowest BCUT2D eigenvalue weighted by molar-refractivity contribution is -0.875. The number of carbonyl (C=O) groups excluding carboxylic acids is 2. The van der Waals surface area contributed by atoms with Gasteiger partial charge in [-0.05, 0) is 0 Å². The number of quaternary nitrogens is 1. The summed E-state index contributed by atoms with van der Waals surface area (Å²) in [5.41, 5.74) is -1.84. The Hall–Kier alpha value is -0.940. The Bertz CT molecular complexity index is 280. The molecule has 0 aromatic rings. The fraction of sp³-hybridized carbons (Fsp3) is 0.818. The first kappa shape index (κ1) is 15.1. The van der Waals surface area contributed by atoms with Crippen LogP contribution in [0.1, 0.15) is 20.3 Å². The fourth-order valence-corrected chi connectivity index (χ4v) is 1.78. The number of carbonyl (C=O) groups is 2. The Balaban J connectivity index is 5.03. The maximum atomic E-state index is 11.8. The third kappa shape index (κ3) is 4.72. The number of Topliss-reactive ketones (excluding diaryl/α,β-unsaturated/α-hetero) is 1. The molecule has 0 fully saturated rings. The van der Waals surface area contributed by atoms with E-state index in [4.69, 9.17) is 0 Å². The molecule has 0 aliphatic rings. The Kier molecular flexibility index (Phi) is 4.64. The molecule has 94 valence electrons. The van der Waals surface area contributed by atoms with E-state index in [2.05, 4.69) is 0 Å². The molecule has 1 unspecified atom stereocenters. The molecule has 0 heterocycles. The average Bonchev–Trinajstić information content (AvgIpc) is 1.96. The van der Waals surface area contributed by atoms with Crippen LogP contribution in [-0.2, 0) is 9.59 Å². The second-order valence-electron chi connectivity index (χ2n) is 5.55. The average molecular weight is 231 g/mol. The van der Waals surface area contributed by atoms with Crippen LogP contribution >= 0.6 is 0 Å². The second kappa shape index (κ2) is 4.93. The molecule has 0 saturated heterocycles. The van der Waals surface area contributed by atoms with Crippen molar-refractivity contribution in [3.05, 3.63) is 0 Å². The van der Waals surface area contributed by atoms with E-state index in [0.29, 0.717) is 4.48 Å². The Morgan fingerprint density at radius 1 is 1.31 bits per heavy atom. The lowest BCUT2D eigenvalue weighted by Crippen LogP contribution is -2.57. The first-order valence-electron chi connectivity index (χ1n) is 5.25. The molecule has 5 nitrogen and oxygen atoms in total. The molecule has 0 aromatic heterocycles. The summed E-state index contributed by atoms with van der Waals surface area (Å²) in [6.07, 6.45) is -0.653. The van der Waals surface area contributed by atoms with Gasteiger partial charge in [-0.3, -0.25) is 4.79 Å². The summed E-state index contributed by atoms with van der Waals surface area (Å²) in [5, 5.41) is 20.8. The highest BCUT2D eigenvalue weighted by Gasteiger charge is 2.42. The maximum absolute atomic E-state index is 11.8. The van der Waals surface area contributed by atoms with Gasteiger partial charge in [0.25, 0.3) is 0 Å². The lowest BCUT2D eigenvalue weighted by Gasteiger charge is -2.35. The smallest absolute Gasteiger partial charge is 0.177 e. The van der Waals surface area contributed by atoms with Gasteiger partial charge in [-0.15, -0.1) is 0 Å². The monoisotopic (exact) mass is 231 g/mol. The predicted octanol–water partition coefficient (Wildman–Crippen LogP) is -1.21. The van der Waals surface area contributed by atoms with Crippen LogP contribution in [0.2, 0.25) is 0 Å². The molecule has 0 spiro atoms. The van der Waals surface area contributed by atoms with Crippen molar-refractivity contribution in [2.45, 2.75) is 25.9 Å². The predicted molar refractivity (Wildman–Crippen MR) is 57.3 cm³/mol. The van der Waals surface area contributed by atoms with Crippen LogP contribution in [0.15, 0.2) is 0 Å². The summed E-state index contributed by atoms with van der Waals surface area (Å²) in [4.78, 5) is 22.4. The minimum Gasteiger partial charge on any atom is -0.550 e. The number of carboxylic acids is 1. The number of hydrogen-bond donors (Lipinski definition) is 1. The van der Waals surface area contributed by atoms with Crippen molar-refractivity contribution in [1.29, 1.82) is 0 Å². The van der Waals surface area contributed by atoms with Crippen LogP contribution in [0.4, 0.5) is 0 Å². The van der Waals surface area contributed by atoms with Crippen LogP contribution < -0.4 is 5.11 Å². The van der Waals surface area contributed by atoms with Gasteiger partial charge in [-0.25, -0.2) is 0 Å². The molecule has 1 atom stereocenters. The second-order valence-corrected chi connectivity index (χ2v) is 5.55. The van der Waals surface area contributed by atoms with Crippen molar-refractivity contribution in [1.82, 2.24) is 0 Å². The van der Waals surface area contributed by atoms with Crippen molar-refractivity contribution in [3.63, 3.8) is 0 Å². The lowest BCUT2D eigenvalue weighted by atomic mass is 9.87. The van der Waals surface area contributed by atoms with Gasteiger partial charge < -0.3 is 19.5 Å². The molecule has 5 heteroatoms. The van der Waals surface area contributed by atoms with Crippen LogP contribution in [0, 0.1) is 5.92 Å². The van der Waals surface area contributed by atoms with Crippen LogP contribution in [0.25, 0.3) is 0 Å². The topological polar surface area (TPSA) is 77.4 Å². The van der Waals surface area contributed by atoms with Gasteiger partial charge in [0.2, 0.25) is 0 Å². The molecule has 16 heavy (non-hydrogen) atoms. The molecule has 0 bridgehead atoms. The van der Waals surface area contributed by atoms with Gasteiger partial charge in [-0.1, -0.05) is 13.8 Å². The standard InChI is InChI=1S/C11H21NO4/c1-8(2)10(15)11(16,6-9(13)14)7-12(3,4)5/h8,16H,6-7H2,1-5H3. The zero-order valence-electron chi connectivity index (χ0n) is 10.6. The van der Waals surface area contributed by atoms with Crippen LogP contribution in [0.3, 0.4) is 0 Å². The van der Waals surface area contributed by atoms with E-state index in [-0.39, 0.29) is 6.54 Å². The van der Waals surface area contributed by atoms with Gasteiger partial charge in [0.05, 0.1) is 21.1 Å². The van der Waals surface area contributed by atoms with Gasteiger partial charge in [0.15, 0.2) is 11.4 Å². The number of aliphatic carboxylic acids is 1. The third-order valence-corrected chi connectivity index (χ3v) is 2.16. The van der Waals surface area contributed by atoms with Crippen molar-refractivity contribution < 1.29 is 24.3 Å². The zero-order valence-corrected chi connectivity index (χ0v) is 10.6. The van der Waals surface area contributed by atoms with Gasteiger partial charge >= 0.3 is 0 Å². The SMILES string of the molecule is CC(C)C(=O)C(O)(CC(=O)[O-])C[N+](C)(C)C. The van der Waals surface area contributed by atoms with E-state index < -0.39 is 29.7 Å².